The van der Waals surface area contributed by atoms with Crippen LogP contribution in [0.4, 0.5) is 5.69 Å². The van der Waals surface area contributed by atoms with E-state index in [2.05, 4.69) is 27.8 Å². The van der Waals surface area contributed by atoms with Crippen molar-refractivity contribution in [3.63, 3.8) is 0 Å². The van der Waals surface area contributed by atoms with Crippen LogP contribution in [0.3, 0.4) is 0 Å². The number of nitrogens with zero attached hydrogens (tertiary/aromatic N) is 1. The fraction of sp³-hybridized carbons (Fsp3) is 0.333. The van der Waals surface area contributed by atoms with Crippen molar-refractivity contribution < 1.29 is 14.3 Å². The SMILES string of the molecule is CCCCCCCCCCOc1ccc(C=Nc2ccc(C(=O)Oc3cccc(Br)c3)cc2)cc1. The number of carbonyl (C=O) groups excluding carboxylic acids is 1. The molecule has 0 spiro atoms. The molecule has 3 aromatic carbocycles. The summed E-state index contributed by atoms with van der Waals surface area (Å²) in [6, 6.07) is 22.2. The molecule has 0 fully saturated rings. The minimum Gasteiger partial charge on any atom is -0.494 e. The number of unbranched alkanes of at least 4 members (excludes halogenated alkanes) is 7. The van der Waals surface area contributed by atoms with Crippen LogP contribution < -0.4 is 9.47 Å². The maximum Gasteiger partial charge on any atom is 0.343 e. The molecule has 0 atom stereocenters. The summed E-state index contributed by atoms with van der Waals surface area (Å²) in [5.74, 6) is 0.983. The first-order chi connectivity index (χ1) is 17.1. The van der Waals surface area contributed by atoms with Crippen molar-refractivity contribution in [2.75, 3.05) is 6.61 Å². The highest BCUT2D eigenvalue weighted by Gasteiger charge is 2.08. The molecule has 0 aromatic heterocycles. The lowest BCUT2D eigenvalue weighted by Crippen LogP contribution is -2.07. The van der Waals surface area contributed by atoms with Crippen LogP contribution in [0.25, 0.3) is 0 Å². The standard InChI is InChI=1S/C30H34BrNO3/c1-2-3-4-5-6-7-8-9-21-34-28-19-13-24(14-20-28)23-32-27-17-15-25(16-18-27)30(33)35-29-12-10-11-26(31)22-29/h10-20,22-23H,2-9,21H2,1H3. The molecule has 5 heteroatoms. The third kappa shape index (κ3) is 10.1. The van der Waals surface area contributed by atoms with E-state index in [0.717, 1.165) is 34.5 Å². The van der Waals surface area contributed by atoms with Gasteiger partial charge in [-0.1, -0.05) is 73.9 Å². The predicted molar refractivity (Wildman–Crippen MR) is 147 cm³/mol. The summed E-state index contributed by atoms with van der Waals surface area (Å²) in [5.41, 5.74) is 2.23. The number of benzene rings is 3. The number of esters is 1. The number of aliphatic imine (C=N–C) groups is 1. The van der Waals surface area contributed by atoms with Crippen molar-refractivity contribution >= 4 is 33.8 Å². The van der Waals surface area contributed by atoms with Crippen LogP contribution in [0.1, 0.15) is 74.2 Å². The predicted octanol–water partition coefficient (Wildman–Crippen LogP) is 8.94. The minimum absolute atomic E-state index is 0.402. The van der Waals surface area contributed by atoms with E-state index in [1.165, 1.54) is 44.9 Å². The van der Waals surface area contributed by atoms with Gasteiger partial charge in [0.05, 0.1) is 17.9 Å². The average molecular weight is 537 g/mol. The molecule has 3 aromatic rings. The molecule has 0 amide bonds. The quantitative estimate of drug-likeness (QED) is 0.0894. The Balaban J connectivity index is 1.39. The molecule has 3 rings (SSSR count). The van der Waals surface area contributed by atoms with Gasteiger partial charge < -0.3 is 9.47 Å². The van der Waals surface area contributed by atoms with E-state index in [1.54, 1.807) is 42.6 Å². The number of rotatable bonds is 14. The fourth-order valence-corrected chi connectivity index (χ4v) is 3.98. The monoisotopic (exact) mass is 535 g/mol. The van der Waals surface area contributed by atoms with Gasteiger partial charge >= 0.3 is 5.97 Å². The summed E-state index contributed by atoms with van der Waals surface area (Å²) in [4.78, 5) is 16.8. The van der Waals surface area contributed by atoms with Gasteiger partial charge in [0.25, 0.3) is 0 Å². The van der Waals surface area contributed by atoms with Gasteiger partial charge in [-0.25, -0.2) is 4.79 Å². The van der Waals surface area contributed by atoms with Crippen LogP contribution in [-0.2, 0) is 0 Å². The summed E-state index contributed by atoms with van der Waals surface area (Å²) in [6.07, 6.45) is 12.2. The van der Waals surface area contributed by atoms with Crippen molar-refractivity contribution in [1.82, 2.24) is 0 Å². The van der Waals surface area contributed by atoms with Gasteiger partial charge in [-0.2, -0.15) is 0 Å². The molecule has 0 radical (unpaired) electrons. The highest BCUT2D eigenvalue weighted by Crippen LogP contribution is 2.20. The molecule has 0 aliphatic carbocycles. The first kappa shape index (κ1) is 26.7. The molecule has 184 valence electrons. The largest absolute Gasteiger partial charge is 0.494 e. The lowest BCUT2D eigenvalue weighted by atomic mass is 10.1. The summed E-state index contributed by atoms with van der Waals surface area (Å²) in [7, 11) is 0. The van der Waals surface area contributed by atoms with Gasteiger partial charge in [0.15, 0.2) is 0 Å². The van der Waals surface area contributed by atoms with E-state index in [9.17, 15) is 4.79 Å². The van der Waals surface area contributed by atoms with E-state index >= 15 is 0 Å². The molecule has 4 nitrogen and oxygen atoms in total. The molecule has 35 heavy (non-hydrogen) atoms. The van der Waals surface area contributed by atoms with Crippen molar-refractivity contribution in [2.24, 2.45) is 4.99 Å². The van der Waals surface area contributed by atoms with Crippen LogP contribution in [0.5, 0.6) is 11.5 Å². The Morgan fingerprint density at radius 3 is 2.20 bits per heavy atom. The van der Waals surface area contributed by atoms with E-state index < -0.39 is 5.97 Å². The third-order valence-corrected chi connectivity index (χ3v) is 6.11. The first-order valence-corrected chi connectivity index (χ1v) is 13.3. The van der Waals surface area contributed by atoms with Crippen LogP contribution in [0.15, 0.2) is 82.3 Å². The van der Waals surface area contributed by atoms with Crippen molar-refractivity contribution in [1.29, 1.82) is 0 Å². The molecule has 0 bridgehead atoms. The lowest BCUT2D eigenvalue weighted by molar-refractivity contribution is 0.0734. The summed E-state index contributed by atoms with van der Waals surface area (Å²) in [6.45, 7) is 3.02. The number of hydrogen-bond acceptors (Lipinski definition) is 4. The summed E-state index contributed by atoms with van der Waals surface area (Å²) in [5, 5.41) is 0. The zero-order valence-corrected chi connectivity index (χ0v) is 22.0. The first-order valence-electron chi connectivity index (χ1n) is 12.5. The van der Waals surface area contributed by atoms with Crippen LogP contribution in [0.2, 0.25) is 0 Å². The molecule has 0 unspecified atom stereocenters. The molecule has 0 saturated carbocycles. The zero-order chi connectivity index (χ0) is 24.7. The number of carbonyl (C=O) groups is 1. The summed E-state index contributed by atoms with van der Waals surface area (Å²) >= 11 is 3.37. The Morgan fingerprint density at radius 1 is 0.829 bits per heavy atom. The smallest absolute Gasteiger partial charge is 0.343 e. The molecule has 0 aliphatic heterocycles. The van der Waals surface area contributed by atoms with Crippen molar-refractivity contribution in [2.45, 2.75) is 58.3 Å². The highest BCUT2D eigenvalue weighted by molar-refractivity contribution is 9.10. The van der Waals surface area contributed by atoms with E-state index in [0.29, 0.717) is 11.3 Å². The molecule has 0 saturated heterocycles. The van der Waals surface area contributed by atoms with E-state index in [4.69, 9.17) is 9.47 Å². The Bertz CT molecular complexity index is 1060. The maximum atomic E-state index is 12.3. The minimum atomic E-state index is -0.402. The van der Waals surface area contributed by atoms with Crippen LogP contribution in [0, 0.1) is 0 Å². The molecular formula is C30H34BrNO3. The van der Waals surface area contributed by atoms with Gasteiger partial charge in [0.1, 0.15) is 11.5 Å². The molecule has 0 N–H and O–H groups in total. The normalized spacial score (nSPS) is 11.0. The highest BCUT2D eigenvalue weighted by atomic mass is 79.9. The fourth-order valence-electron chi connectivity index (χ4n) is 3.61. The van der Waals surface area contributed by atoms with Gasteiger partial charge in [0.2, 0.25) is 0 Å². The third-order valence-electron chi connectivity index (χ3n) is 5.62. The average Bonchev–Trinajstić information content (AvgIpc) is 2.87. The zero-order valence-electron chi connectivity index (χ0n) is 20.4. The van der Waals surface area contributed by atoms with E-state index in [1.807, 2.05) is 36.4 Å². The second kappa shape index (κ2) is 15.2. The second-order valence-corrected chi connectivity index (χ2v) is 9.46. The summed E-state index contributed by atoms with van der Waals surface area (Å²) < 4.78 is 12.1. The maximum absolute atomic E-state index is 12.3. The Hall–Kier alpha value is -2.92. The lowest BCUT2D eigenvalue weighted by Gasteiger charge is -2.06. The molecule has 0 heterocycles. The van der Waals surface area contributed by atoms with Crippen LogP contribution >= 0.6 is 15.9 Å². The molecular weight excluding hydrogens is 502 g/mol. The Kier molecular flexibility index (Phi) is 11.6. The van der Waals surface area contributed by atoms with Gasteiger partial charge in [-0.3, -0.25) is 4.99 Å². The van der Waals surface area contributed by atoms with E-state index in [-0.39, 0.29) is 0 Å². The van der Waals surface area contributed by atoms with Gasteiger partial charge in [-0.15, -0.1) is 0 Å². The van der Waals surface area contributed by atoms with Crippen molar-refractivity contribution in [3.05, 3.63) is 88.4 Å². The van der Waals surface area contributed by atoms with Crippen molar-refractivity contribution in [3.8, 4) is 11.5 Å². The number of halogens is 1. The second-order valence-electron chi connectivity index (χ2n) is 8.54. The topological polar surface area (TPSA) is 47.9 Å². The Morgan fingerprint density at radius 2 is 1.51 bits per heavy atom. The Labute approximate surface area is 217 Å². The van der Waals surface area contributed by atoms with Gasteiger partial charge in [-0.05, 0) is 78.7 Å². The molecule has 0 aliphatic rings. The number of hydrogen-bond donors (Lipinski definition) is 0. The van der Waals surface area contributed by atoms with Crippen LogP contribution in [-0.4, -0.2) is 18.8 Å². The van der Waals surface area contributed by atoms with Gasteiger partial charge in [0, 0.05) is 10.7 Å². The number of ether oxygens (including phenoxy) is 2.